The lowest BCUT2D eigenvalue weighted by Gasteiger charge is -2.22. The average Bonchev–Trinajstić information content (AvgIpc) is 2.79. The van der Waals surface area contributed by atoms with Gasteiger partial charge in [-0.3, -0.25) is 9.69 Å². The van der Waals surface area contributed by atoms with Gasteiger partial charge in [0, 0.05) is 17.1 Å². The second-order valence-corrected chi connectivity index (χ2v) is 4.86. The number of carboxylic acids is 1. The minimum absolute atomic E-state index is 0.384. The Morgan fingerprint density at radius 1 is 1.61 bits per heavy atom. The van der Waals surface area contributed by atoms with Crippen molar-refractivity contribution in [1.29, 1.82) is 0 Å². The molecule has 1 aromatic rings. The van der Waals surface area contributed by atoms with Crippen LogP contribution in [-0.4, -0.2) is 35.7 Å². The predicted molar refractivity (Wildman–Crippen MR) is 69.1 cm³/mol. The van der Waals surface area contributed by atoms with E-state index in [1.54, 1.807) is 19.2 Å². The number of likely N-dealkylation sites (tertiary alicyclic amines) is 1. The van der Waals surface area contributed by atoms with Crippen LogP contribution in [0.4, 0.5) is 0 Å². The number of nitrogens with zero attached hydrogens (tertiary/aromatic N) is 1. The van der Waals surface area contributed by atoms with Crippen LogP contribution in [0.15, 0.2) is 18.2 Å². The number of carbonyl (C=O) groups is 1. The molecular weight excluding hydrogens is 254 g/mol. The molecule has 5 heteroatoms. The number of benzene rings is 1. The zero-order chi connectivity index (χ0) is 13.1. The summed E-state index contributed by atoms with van der Waals surface area (Å²) in [5.41, 5.74) is 0.968. The van der Waals surface area contributed by atoms with Crippen LogP contribution in [0.1, 0.15) is 18.4 Å². The maximum Gasteiger partial charge on any atom is 0.320 e. The van der Waals surface area contributed by atoms with Gasteiger partial charge in [-0.1, -0.05) is 17.7 Å². The number of methoxy groups -OCH3 is 1. The highest BCUT2D eigenvalue weighted by molar-refractivity contribution is 6.30. The minimum atomic E-state index is -0.750. The fraction of sp³-hybridized carbons (Fsp3) is 0.462. The molecule has 0 bridgehead atoms. The number of hydrogen-bond donors (Lipinski definition) is 1. The van der Waals surface area contributed by atoms with E-state index in [1.807, 2.05) is 11.0 Å². The molecule has 1 atom stereocenters. The van der Waals surface area contributed by atoms with E-state index in [0.29, 0.717) is 23.7 Å². The molecule has 0 spiro atoms. The normalized spacial score (nSPS) is 20.0. The van der Waals surface area contributed by atoms with Crippen LogP contribution in [0, 0.1) is 0 Å². The van der Waals surface area contributed by atoms with E-state index in [2.05, 4.69) is 0 Å². The Morgan fingerprint density at radius 3 is 3.06 bits per heavy atom. The smallest absolute Gasteiger partial charge is 0.320 e. The summed E-state index contributed by atoms with van der Waals surface area (Å²) in [4.78, 5) is 13.1. The summed E-state index contributed by atoms with van der Waals surface area (Å²) in [6.45, 7) is 1.39. The van der Waals surface area contributed by atoms with Crippen LogP contribution < -0.4 is 4.74 Å². The Hall–Kier alpha value is -1.26. The van der Waals surface area contributed by atoms with Crippen molar-refractivity contribution in [3.05, 3.63) is 28.8 Å². The number of aliphatic carboxylic acids is 1. The van der Waals surface area contributed by atoms with Gasteiger partial charge in [-0.05, 0) is 31.5 Å². The lowest BCUT2D eigenvalue weighted by atomic mass is 10.1. The topological polar surface area (TPSA) is 49.8 Å². The molecule has 1 aliphatic rings. The molecule has 1 fully saturated rings. The summed E-state index contributed by atoms with van der Waals surface area (Å²) in [7, 11) is 1.59. The third-order valence-corrected chi connectivity index (χ3v) is 3.51. The summed E-state index contributed by atoms with van der Waals surface area (Å²) in [6.07, 6.45) is 1.64. The highest BCUT2D eigenvalue weighted by Gasteiger charge is 2.30. The number of rotatable bonds is 4. The van der Waals surface area contributed by atoms with E-state index in [4.69, 9.17) is 21.4 Å². The second-order valence-electron chi connectivity index (χ2n) is 4.42. The molecule has 0 amide bonds. The van der Waals surface area contributed by atoms with Gasteiger partial charge in [-0.15, -0.1) is 0 Å². The molecule has 1 saturated heterocycles. The molecule has 0 saturated carbocycles. The lowest BCUT2D eigenvalue weighted by molar-refractivity contribution is -0.142. The zero-order valence-electron chi connectivity index (χ0n) is 10.2. The number of hydrogen-bond acceptors (Lipinski definition) is 3. The SMILES string of the molecule is COc1cc(Cl)ccc1CN1CCCC1C(=O)O. The second kappa shape index (κ2) is 5.59. The van der Waals surface area contributed by atoms with Crippen LogP contribution in [-0.2, 0) is 11.3 Å². The van der Waals surface area contributed by atoms with Gasteiger partial charge >= 0.3 is 5.97 Å². The lowest BCUT2D eigenvalue weighted by Crippen LogP contribution is -2.35. The van der Waals surface area contributed by atoms with Crippen molar-refractivity contribution in [3.63, 3.8) is 0 Å². The Labute approximate surface area is 111 Å². The summed E-state index contributed by atoms with van der Waals surface area (Å²) < 4.78 is 5.27. The Morgan fingerprint density at radius 2 is 2.39 bits per heavy atom. The molecule has 1 heterocycles. The van der Waals surface area contributed by atoms with Gasteiger partial charge in [0.25, 0.3) is 0 Å². The van der Waals surface area contributed by atoms with Gasteiger partial charge in [0.05, 0.1) is 7.11 Å². The number of halogens is 1. The molecule has 0 aliphatic carbocycles. The first-order chi connectivity index (χ1) is 8.61. The summed E-state index contributed by atoms with van der Waals surface area (Å²) >= 11 is 5.90. The first kappa shape index (κ1) is 13.2. The largest absolute Gasteiger partial charge is 0.496 e. The summed E-state index contributed by atoms with van der Waals surface area (Å²) in [5.74, 6) is -0.0426. The van der Waals surface area contributed by atoms with Crippen LogP contribution >= 0.6 is 11.6 Å². The van der Waals surface area contributed by atoms with Crippen molar-refractivity contribution in [3.8, 4) is 5.75 Å². The molecule has 1 unspecified atom stereocenters. The molecule has 0 aromatic heterocycles. The molecule has 98 valence electrons. The maximum absolute atomic E-state index is 11.1. The van der Waals surface area contributed by atoms with Gasteiger partial charge < -0.3 is 9.84 Å². The van der Waals surface area contributed by atoms with E-state index >= 15 is 0 Å². The maximum atomic E-state index is 11.1. The monoisotopic (exact) mass is 269 g/mol. The Kier molecular flexibility index (Phi) is 4.09. The molecule has 1 aromatic carbocycles. The molecule has 1 aliphatic heterocycles. The predicted octanol–water partition coefficient (Wildman–Crippen LogP) is 2.40. The van der Waals surface area contributed by atoms with E-state index < -0.39 is 5.97 Å². The van der Waals surface area contributed by atoms with Crippen LogP contribution in [0.5, 0.6) is 5.75 Å². The van der Waals surface area contributed by atoms with E-state index in [1.165, 1.54) is 0 Å². The number of ether oxygens (including phenoxy) is 1. The molecule has 18 heavy (non-hydrogen) atoms. The molecule has 1 N–H and O–H groups in total. The van der Waals surface area contributed by atoms with Crippen molar-refractivity contribution >= 4 is 17.6 Å². The average molecular weight is 270 g/mol. The van der Waals surface area contributed by atoms with Gasteiger partial charge in [0.15, 0.2) is 0 Å². The van der Waals surface area contributed by atoms with E-state index in [0.717, 1.165) is 18.5 Å². The van der Waals surface area contributed by atoms with Crippen molar-refractivity contribution in [2.75, 3.05) is 13.7 Å². The van der Waals surface area contributed by atoms with Gasteiger partial charge in [0.2, 0.25) is 0 Å². The summed E-state index contributed by atoms with van der Waals surface area (Å²) in [5, 5.41) is 9.76. The molecule has 2 rings (SSSR count). The highest BCUT2D eigenvalue weighted by atomic mass is 35.5. The van der Waals surface area contributed by atoms with Gasteiger partial charge in [0.1, 0.15) is 11.8 Å². The third kappa shape index (κ3) is 2.76. The minimum Gasteiger partial charge on any atom is -0.496 e. The fourth-order valence-corrected chi connectivity index (χ4v) is 2.52. The van der Waals surface area contributed by atoms with Crippen molar-refractivity contribution < 1.29 is 14.6 Å². The standard InChI is InChI=1S/C13H16ClNO3/c1-18-12-7-10(14)5-4-9(12)8-15-6-2-3-11(15)13(16)17/h4-5,7,11H,2-3,6,8H2,1H3,(H,16,17). The fourth-order valence-electron chi connectivity index (χ4n) is 2.36. The van der Waals surface area contributed by atoms with Crippen molar-refractivity contribution in [2.24, 2.45) is 0 Å². The number of carboxylic acid groups (broad SMARTS) is 1. The summed E-state index contributed by atoms with van der Waals surface area (Å²) in [6, 6.07) is 5.05. The first-order valence-corrected chi connectivity index (χ1v) is 6.29. The van der Waals surface area contributed by atoms with Gasteiger partial charge in [-0.25, -0.2) is 0 Å². The molecule has 0 radical (unpaired) electrons. The van der Waals surface area contributed by atoms with Gasteiger partial charge in [-0.2, -0.15) is 0 Å². The quantitative estimate of drug-likeness (QED) is 0.912. The van der Waals surface area contributed by atoms with E-state index in [-0.39, 0.29) is 6.04 Å². The Balaban J connectivity index is 2.16. The van der Waals surface area contributed by atoms with Crippen molar-refractivity contribution in [1.82, 2.24) is 4.90 Å². The highest BCUT2D eigenvalue weighted by Crippen LogP contribution is 2.27. The van der Waals surface area contributed by atoms with Crippen LogP contribution in [0.2, 0.25) is 5.02 Å². The zero-order valence-corrected chi connectivity index (χ0v) is 11.0. The van der Waals surface area contributed by atoms with E-state index in [9.17, 15) is 4.79 Å². The van der Waals surface area contributed by atoms with Crippen molar-refractivity contribution in [2.45, 2.75) is 25.4 Å². The Bertz CT molecular complexity index is 450. The van der Waals surface area contributed by atoms with Crippen LogP contribution in [0.3, 0.4) is 0 Å². The van der Waals surface area contributed by atoms with Crippen LogP contribution in [0.25, 0.3) is 0 Å². The first-order valence-electron chi connectivity index (χ1n) is 5.91. The third-order valence-electron chi connectivity index (χ3n) is 3.27. The molecule has 4 nitrogen and oxygen atoms in total. The molecular formula is C13H16ClNO3.